The normalized spacial score (nSPS) is 17.5. The Labute approximate surface area is 153 Å². The van der Waals surface area contributed by atoms with E-state index in [0.29, 0.717) is 10.9 Å². The Morgan fingerprint density at radius 3 is 2.04 bits per heavy atom. The molecule has 1 aliphatic heterocycles. The first kappa shape index (κ1) is 21.7. The zero-order chi connectivity index (χ0) is 16.6. The molecule has 1 heterocycles. The van der Waals surface area contributed by atoms with Crippen LogP contribution in [0.3, 0.4) is 0 Å². The molecular formula is C19H38O2S2. The van der Waals surface area contributed by atoms with E-state index >= 15 is 0 Å². The van der Waals surface area contributed by atoms with E-state index in [1.165, 1.54) is 88.6 Å². The van der Waals surface area contributed by atoms with E-state index in [1.807, 2.05) is 0 Å². The molecular weight excluding hydrogens is 324 g/mol. The van der Waals surface area contributed by atoms with Crippen LogP contribution in [0.2, 0.25) is 0 Å². The predicted octanol–water partition coefficient (Wildman–Crippen LogP) is 6.48. The van der Waals surface area contributed by atoms with Gasteiger partial charge in [0, 0.05) is 13.7 Å². The van der Waals surface area contributed by atoms with Gasteiger partial charge in [-0.2, -0.15) is 0 Å². The van der Waals surface area contributed by atoms with Crippen LogP contribution in [-0.4, -0.2) is 36.1 Å². The number of methoxy groups -OCH3 is 1. The first-order chi connectivity index (χ1) is 11.3. The summed E-state index contributed by atoms with van der Waals surface area (Å²) in [5.74, 6) is 2.78. The van der Waals surface area contributed by atoms with Crippen molar-refractivity contribution in [2.75, 3.05) is 32.0 Å². The first-order valence-electron chi connectivity index (χ1n) is 9.67. The minimum Gasteiger partial charge on any atom is -0.359 e. The summed E-state index contributed by atoms with van der Waals surface area (Å²) in [5, 5.41) is 0. The lowest BCUT2D eigenvalue weighted by Crippen LogP contribution is -2.24. The highest BCUT2D eigenvalue weighted by Gasteiger charge is 2.31. The van der Waals surface area contributed by atoms with Gasteiger partial charge in [0.05, 0.1) is 4.08 Å². The molecule has 0 aliphatic carbocycles. The highest BCUT2D eigenvalue weighted by molar-refractivity contribution is 8.18. The fourth-order valence-corrected chi connectivity index (χ4v) is 6.82. The molecule has 1 saturated heterocycles. The Kier molecular flexibility index (Phi) is 14.1. The summed E-state index contributed by atoms with van der Waals surface area (Å²) in [5.41, 5.74) is 0. The number of rotatable bonds is 15. The van der Waals surface area contributed by atoms with Gasteiger partial charge in [-0.25, -0.2) is 0 Å². The van der Waals surface area contributed by atoms with Gasteiger partial charge in [0.25, 0.3) is 0 Å². The largest absolute Gasteiger partial charge is 0.359 e. The summed E-state index contributed by atoms with van der Waals surface area (Å²) in [6.45, 7) is 3.64. The highest BCUT2D eigenvalue weighted by Crippen LogP contribution is 2.48. The molecule has 0 bridgehead atoms. The van der Waals surface area contributed by atoms with Crippen molar-refractivity contribution >= 4 is 23.5 Å². The zero-order valence-electron chi connectivity index (χ0n) is 15.4. The maximum atomic E-state index is 5.30. The maximum Gasteiger partial charge on any atom is 0.146 e. The SMILES string of the molecule is CCCC1(CCCCCCCCCCOCOC)SCCCS1. The van der Waals surface area contributed by atoms with Crippen molar-refractivity contribution in [2.24, 2.45) is 0 Å². The Morgan fingerprint density at radius 1 is 0.826 bits per heavy atom. The molecule has 0 aromatic carbocycles. The molecule has 0 unspecified atom stereocenters. The number of ether oxygens (including phenoxy) is 2. The summed E-state index contributed by atoms with van der Waals surface area (Å²) in [6, 6.07) is 0. The van der Waals surface area contributed by atoms with E-state index in [0.717, 1.165) is 6.61 Å². The molecule has 1 aliphatic rings. The van der Waals surface area contributed by atoms with Crippen molar-refractivity contribution in [3.05, 3.63) is 0 Å². The molecule has 0 spiro atoms. The van der Waals surface area contributed by atoms with E-state index in [2.05, 4.69) is 30.4 Å². The molecule has 0 atom stereocenters. The molecule has 0 saturated carbocycles. The van der Waals surface area contributed by atoms with Crippen LogP contribution in [0.1, 0.15) is 84.0 Å². The number of hydrogen-bond acceptors (Lipinski definition) is 4. The van der Waals surface area contributed by atoms with Gasteiger partial charge in [-0.3, -0.25) is 0 Å². The molecule has 2 nitrogen and oxygen atoms in total. The second-order valence-corrected chi connectivity index (χ2v) is 9.82. The summed E-state index contributed by atoms with van der Waals surface area (Å²) in [6.07, 6.45) is 16.6. The first-order valence-corrected chi connectivity index (χ1v) is 11.6. The predicted molar refractivity (Wildman–Crippen MR) is 107 cm³/mol. The maximum absolute atomic E-state index is 5.30. The topological polar surface area (TPSA) is 18.5 Å². The van der Waals surface area contributed by atoms with Crippen molar-refractivity contribution in [1.29, 1.82) is 0 Å². The summed E-state index contributed by atoms with van der Waals surface area (Å²) >= 11 is 4.52. The van der Waals surface area contributed by atoms with Crippen LogP contribution in [0, 0.1) is 0 Å². The Bertz CT molecular complexity index is 250. The van der Waals surface area contributed by atoms with Gasteiger partial charge in [0.2, 0.25) is 0 Å². The lowest BCUT2D eigenvalue weighted by atomic mass is 10.0. The molecule has 0 aromatic heterocycles. The number of hydrogen-bond donors (Lipinski definition) is 0. The minimum atomic E-state index is 0.441. The van der Waals surface area contributed by atoms with Crippen molar-refractivity contribution < 1.29 is 9.47 Å². The molecule has 0 aromatic rings. The smallest absolute Gasteiger partial charge is 0.146 e. The number of thioether (sulfide) groups is 2. The molecule has 0 amide bonds. The van der Waals surface area contributed by atoms with Crippen LogP contribution in [0.4, 0.5) is 0 Å². The van der Waals surface area contributed by atoms with Crippen molar-refractivity contribution in [3.63, 3.8) is 0 Å². The van der Waals surface area contributed by atoms with E-state index in [9.17, 15) is 0 Å². The van der Waals surface area contributed by atoms with Crippen LogP contribution in [0.25, 0.3) is 0 Å². The molecule has 23 heavy (non-hydrogen) atoms. The highest BCUT2D eigenvalue weighted by atomic mass is 32.2. The third-order valence-electron chi connectivity index (χ3n) is 4.45. The van der Waals surface area contributed by atoms with Gasteiger partial charge in [-0.05, 0) is 37.2 Å². The van der Waals surface area contributed by atoms with Gasteiger partial charge < -0.3 is 9.47 Å². The molecule has 1 rings (SSSR count). The van der Waals surface area contributed by atoms with E-state index < -0.39 is 0 Å². The van der Waals surface area contributed by atoms with Gasteiger partial charge in [-0.15, -0.1) is 23.5 Å². The van der Waals surface area contributed by atoms with Crippen molar-refractivity contribution in [2.45, 2.75) is 88.1 Å². The lowest BCUT2D eigenvalue weighted by molar-refractivity contribution is -0.0315. The minimum absolute atomic E-state index is 0.441. The van der Waals surface area contributed by atoms with Crippen LogP contribution >= 0.6 is 23.5 Å². The average Bonchev–Trinajstić information content (AvgIpc) is 2.57. The molecule has 0 N–H and O–H groups in total. The quantitative estimate of drug-likeness (QED) is 0.245. The Morgan fingerprint density at radius 2 is 1.43 bits per heavy atom. The van der Waals surface area contributed by atoms with Gasteiger partial charge >= 0.3 is 0 Å². The Hall–Kier alpha value is 0.620. The van der Waals surface area contributed by atoms with Crippen LogP contribution in [-0.2, 0) is 9.47 Å². The molecule has 4 heteroatoms. The fraction of sp³-hybridized carbons (Fsp3) is 1.00. The molecule has 1 fully saturated rings. The summed E-state index contributed by atoms with van der Waals surface area (Å²) in [4.78, 5) is 0. The lowest BCUT2D eigenvalue weighted by Gasteiger charge is -2.36. The standard InChI is InChI=1S/C19H38O2S2/c1-3-13-19(22-16-12-17-23-19)14-10-8-6-4-5-7-9-11-15-21-18-20-2/h3-18H2,1-2H3. The second-order valence-electron chi connectivity index (χ2n) is 6.60. The van der Waals surface area contributed by atoms with Crippen molar-refractivity contribution in [1.82, 2.24) is 0 Å². The second kappa shape index (κ2) is 14.9. The third-order valence-corrected chi connectivity index (χ3v) is 8.01. The van der Waals surface area contributed by atoms with Gasteiger partial charge in [0.15, 0.2) is 0 Å². The van der Waals surface area contributed by atoms with Crippen molar-refractivity contribution in [3.8, 4) is 0 Å². The number of unbranched alkanes of at least 4 members (excludes halogenated alkanes) is 7. The van der Waals surface area contributed by atoms with Gasteiger partial charge in [-0.1, -0.05) is 58.3 Å². The van der Waals surface area contributed by atoms with Crippen LogP contribution in [0.5, 0.6) is 0 Å². The van der Waals surface area contributed by atoms with E-state index in [1.54, 1.807) is 7.11 Å². The zero-order valence-corrected chi connectivity index (χ0v) is 17.1. The average molecular weight is 363 g/mol. The Balaban J connectivity index is 1.90. The molecule has 138 valence electrons. The third kappa shape index (κ3) is 11.0. The molecule has 0 radical (unpaired) electrons. The van der Waals surface area contributed by atoms with Crippen LogP contribution in [0.15, 0.2) is 0 Å². The fourth-order valence-electron chi connectivity index (χ4n) is 3.21. The van der Waals surface area contributed by atoms with Crippen LogP contribution < -0.4 is 0 Å². The summed E-state index contributed by atoms with van der Waals surface area (Å²) in [7, 11) is 1.68. The summed E-state index contributed by atoms with van der Waals surface area (Å²) < 4.78 is 10.7. The van der Waals surface area contributed by atoms with E-state index in [4.69, 9.17) is 9.47 Å². The van der Waals surface area contributed by atoms with E-state index in [-0.39, 0.29) is 0 Å². The monoisotopic (exact) mass is 362 g/mol. The van der Waals surface area contributed by atoms with Gasteiger partial charge in [0.1, 0.15) is 6.79 Å².